The van der Waals surface area contributed by atoms with Crippen LogP contribution in [0.5, 0.6) is 0 Å². The lowest BCUT2D eigenvalue weighted by atomic mass is 10.1. The summed E-state index contributed by atoms with van der Waals surface area (Å²) >= 11 is 5.79. The summed E-state index contributed by atoms with van der Waals surface area (Å²) in [6, 6.07) is -0.337. The number of rotatable bonds is 1. The van der Waals surface area contributed by atoms with Crippen LogP contribution >= 0.6 is 11.6 Å². The van der Waals surface area contributed by atoms with Crippen molar-refractivity contribution in [2.24, 2.45) is 4.99 Å². The molecule has 1 unspecified atom stereocenters. The molecular formula is C10H9ClN2O. The number of allylic oxidation sites excluding steroid dienone is 2. The summed E-state index contributed by atoms with van der Waals surface area (Å²) < 4.78 is 0. The minimum atomic E-state index is -0.337. The number of halogens is 1. The van der Waals surface area contributed by atoms with Crippen LogP contribution in [0.3, 0.4) is 0 Å². The summed E-state index contributed by atoms with van der Waals surface area (Å²) in [5.74, 6) is 0.717. The maximum Gasteiger partial charge on any atom is 0.146 e. The first kappa shape index (κ1) is 9.21. The minimum Gasteiger partial charge on any atom is -0.319 e. The zero-order chi connectivity index (χ0) is 10.1. The number of hydrogen-bond acceptors (Lipinski definition) is 3. The van der Waals surface area contributed by atoms with Crippen LogP contribution in [0.4, 0.5) is 0 Å². The van der Waals surface area contributed by atoms with Crippen molar-refractivity contribution in [2.75, 3.05) is 0 Å². The number of aldehydes is 1. The van der Waals surface area contributed by atoms with Gasteiger partial charge in [-0.3, -0.25) is 0 Å². The van der Waals surface area contributed by atoms with E-state index in [1.54, 1.807) is 11.0 Å². The van der Waals surface area contributed by atoms with Crippen molar-refractivity contribution in [3.05, 3.63) is 35.2 Å². The summed E-state index contributed by atoms with van der Waals surface area (Å²) in [6.07, 6.45) is 8.13. The quantitative estimate of drug-likeness (QED) is 0.487. The second-order valence-electron chi connectivity index (χ2n) is 3.20. The smallest absolute Gasteiger partial charge is 0.146 e. The predicted molar refractivity (Wildman–Crippen MR) is 56.0 cm³/mol. The fourth-order valence-electron chi connectivity index (χ4n) is 1.42. The molecule has 2 aliphatic rings. The van der Waals surface area contributed by atoms with Gasteiger partial charge in [0.05, 0.1) is 0 Å². The fraction of sp³-hybridized carbons (Fsp3) is 0.200. The van der Waals surface area contributed by atoms with Crippen LogP contribution in [0.25, 0.3) is 0 Å². The van der Waals surface area contributed by atoms with Gasteiger partial charge in [0.1, 0.15) is 23.3 Å². The predicted octanol–water partition coefficient (Wildman–Crippen LogP) is 1.82. The van der Waals surface area contributed by atoms with Crippen molar-refractivity contribution >= 4 is 23.7 Å². The Morgan fingerprint density at radius 2 is 2.43 bits per heavy atom. The van der Waals surface area contributed by atoms with Gasteiger partial charge in [0, 0.05) is 6.20 Å². The maximum atomic E-state index is 10.8. The first-order chi connectivity index (χ1) is 6.70. The Kier molecular flexibility index (Phi) is 2.25. The Morgan fingerprint density at radius 1 is 1.64 bits per heavy atom. The number of amidine groups is 1. The highest BCUT2D eigenvalue weighted by molar-refractivity contribution is 6.30. The second kappa shape index (κ2) is 3.42. The lowest BCUT2D eigenvalue weighted by Gasteiger charge is -2.29. The van der Waals surface area contributed by atoms with Gasteiger partial charge in [-0.2, -0.15) is 0 Å². The summed E-state index contributed by atoms with van der Waals surface area (Å²) in [6.45, 7) is 1.97. The van der Waals surface area contributed by atoms with Crippen LogP contribution < -0.4 is 0 Å². The van der Waals surface area contributed by atoms with Crippen molar-refractivity contribution in [2.45, 2.75) is 13.0 Å². The summed E-state index contributed by atoms with van der Waals surface area (Å²) in [5, 5.41) is 0.368. The molecule has 0 fully saturated rings. The average Bonchev–Trinajstić information content (AvgIpc) is 2.15. The van der Waals surface area contributed by atoms with E-state index < -0.39 is 0 Å². The summed E-state index contributed by atoms with van der Waals surface area (Å²) in [5.41, 5.74) is 1.09. The Hall–Kier alpha value is -1.35. The molecule has 0 N–H and O–H groups in total. The van der Waals surface area contributed by atoms with E-state index in [-0.39, 0.29) is 6.04 Å². The van der Waals surface area contributed by atoms with Crippen molar-refractivity contribution in [3.8, 4) is 0 Å². The highest BCUT2D eigenvalue weighted by Gasteiger charge is 2.22. The van der Waals surface area contributed by atoms with Gasteiger partial charge in [-0.1, -0.05) is 11.6 Å². The molecule has 0 saturated heterocycles. The standard InChI is InChI=1S/C10H9ClN2O/c1-7-2-3-13-8(6-14)5-9(11)12-10(13)4-7/h2-6,8H,1H3. The molecule has 1 atom stereocenters. The van der Waals surface area contributed by atoms with E-state index in [9.17, 15) is 4.79 Å². The van der Waals surface area contributed by atoms with E-state index >= 15 is 0 Å². The number of fused-ring (bicyclic) bond motifs is 1. The maximum absolute atomic E-state index is 10.8. The molecule has 0 amide bonds. The molecule has 2 heterocycles. The molecule has 0 aromatic heterocycles. The molecular weight excluding hydrogens is 200 g/mol. The summed E-state index contributed by atoms with van der Waals surface area (Å²) in [4.78, 5) is 16.7. The SMILES string of the molecule is CC1=CC2=NC(Cl)=CC(C=O)N2C=C1. The molecule has 0 radical (unpaired) electrons. The van der Waals surface area contributed by atoms with E-state index in [1.165, 1.54) is 0 Å². The Balaban J connectivity index is 2.41. The first-order valence-corrected chi connectivity index (χ1v) is 4.64. The first-order valence-electron chi connectivity index (χ1n) is 4.27. The van der Waals surface area contributed by atoms with Crippen LogP contribution in [-0.4, -0.2) is 23.1 Å². The molecule has 0 aromatic rings. The Morgan fingerprint density at radius 3 is 3.14 bits per heavy atom. The fourth-order valence-corrected chi connectivity index (χ4v) is 1.63. The minimum absolute atomic E-state index is 0.337. The molecule has 0 saturated carbocycles. The van der Waals surface area contributed by atoms with Gasteiger partial charge >= 0.3 is 0 Å². The number of nitrogens with zero attached hydrogens (tertiary/aromatic N) is 2. The topological polar surface area (TPSA) is 32.7 Å². The molecule has 2 aliphatic heterocycles. The summed E-state index contributed by atoms with van der Waals surface area (Å²) in [7, 11) is 0. The van der Waals surface area contributed by atoms with Crippen LogP contribution in [0.1, 0.15) is 6.92 Å². The van der Waals surface area contributed by atoms with Crippen LogP contribution in [0.2, 0.25) is 0 Å². The molecule has 14 heavy (non-hydrogen) atoms. The van der Waals surface area contributed by atoms with E-state index in [0.29, 0.717) is 5.16 Å². The number of hydrogen-bond donors (Lipinski definition) is 0. The van der Waals surface area contributed by atoms with E-state index in [0.717, 1.165) is 17.7 Å². The van der Waals surface area contributed by atoms with Crippen LogP contribution in [-0.2, 0) is 4.79 Å². The highest BCUT2D eigenvalue weighted by atomic mass is 35.5. The molecule has 72 valence electrons. The third-order valence-corrected chi connectivity index (χ3v) is 2.32. The molecule has 2 rings (SSSR count). The number of aliphatic imine (C=N–C) groups is 1. The normalized spacial score (nSPS) is 24.9. The second-order valence-corrected chi connectivity index (χ2v) is 3.58. The van der Waals surface area contributed by atoms with Gasteiger partial charge in [-0.15, -0.1) is 0 Å². The largest absolute Gasteiger partial charge is 0.319 e. The van der Waals surface area contributed by atoms with E-state index in [4.69, 9.17) is 11.6 Å². The van der Waals surface area contributed by atoms with Gasteiger partial charge < -0.3 is 9.69 Å². The zero-order valence-electron chi connectivity index (χ0n) is 7.64. The zero-order valence-corrected chi connectivity index (χ0v) is 8.40. The van der Waals surface area contributed by atoms with Crippen molar-refractivity contribution in [3.63, 3.8) is 0 Å². The number of carbonyl (C=O) groups is 1. The number of carbonyl (C=O) groups excluding carboxylic acids is 1. The van der Waals surface area contributed by atoms with Gasteiger partial charge in [0.2, 0.25) is 0 Å². The molecule has 0 bridgehead atoms. The van der Waals surface area contributed by atoms with Gasteiger partial charge in [0.25, 0.3) is 0 Å². The van der Waals surface area contributed by atoms with Crippen LogP contribution in [0.15, 0.2) is 40.1 Å². The van der Waals surface area contributed by atoms with Crippen molar-refractivity contribution < 1.29 is 4.79 Å². The molecule has 3 nitrogen and oxygen atoms in total. The molecule has 0 aromatic carbocycles. The third kappa shape index (κ3) is 1.51. The monoisotopic (exact) mass is 208 g/mol. The third-order valence-electron chi connectivity index (χ3n) is 2.11. The molecule has 0 aliphatic carbocycles. The van der Waals surface area contributed by atoms with Gasteiger partial charge in [-0.25, -0.2) is 4.99 Å². The lowest BCUT2D eigenvalue weighted by molar-refractivity contribution is -0.109. The molecule has 4 heteroatoms. The van der Waals surface area contributed by atoms with E-state index in [1.807, 2.05) is 25.3 Å². The lowest BCUT2D eigenvalue weighted by Crippen LogP contribution is -2.38. The molecule has 0 spiro atoms. The van der Waals surface area contributed by atoms with Crippen molar-refractivity contribution in [1.29, 1.82) is 0 Å². The highest BCUT2D eigenvalue weighted by Crippen LogP contribution is 2.21. The van der Waals surface area contributed by atoms with Gasteiger partial charge in [-0.05, 0) is 30.7 Å². The van der Waals surface area contributed by atoms with E-state index in [2.05, 4.69) is 4.99 Å². The van der Waals surface area contributed by atoms with Gasteiger partial charge in [0.15, 0.2) is 0 Å². The van der Waals surface area contributed by atoms with Crippen LogP contribution in [0, 0.1) is 0 Å². The van der Waals surface area contributed by atoms with Crippen molar-refractivity contribution in [1.82, 2.24) is 4.90 Å². The average molecular weight is 209 g/mol. The Bertz CT molecular complexity index is 393. The Labute approximate surface area is 87.1 Å².